The van der Waals surface area contributed by atoms with E-state index in [2.05, 4.69) is 24.1 Å². The Morgan fingerprint density at radius 2 is 1.71 bits per heavy atom. The molecule has 2 rings (SSSR count). The molecule has 0 aliphatic rings. The molecule has 9 heteroatoms. The van der Waals surface area contributed by atoms with Gasteiger partial charge in [0, 0.05) is 17.3 Å². The largest absolute Gasteiger partial charge is 0.503 e. The van der Waals surface area contributed by atoms with Gasteiger partial charge in [-0.25, -0.2) is 9.78 Å². The Bertz CT molecular complexity index is 978. The second-order valence-electron chi connectivity index (χ2n) is 8.66. The summed E-state index contributed by atoms with van der Waals surface area (Å²) in [7, 11) is 1.37. The maximum Gasteiger partial charge on any atom is 0.329 e. The molecule has 0 aliphatic heterocycles. The molecular weight excluding hydrogens is 472 g/mol. The summed E-state index contributed by atoms with van der Waals surface area (Å²) < 4.78 is 17.1. The second-order valence-corrected chi connectivity index (χ2v) is 9.10. The SMILES string of the molecule is CCC(CC)[C@@H](Oc1ccc(Cl)cc1)[C@H](C)OC(=O)[C@@H](NC(=O)c1nccc(OC)c1O)C(C)C. The standard InChI is InChI=1S/C26H35ClN2O6/c1-7-17(8-2)24(35-19-11-9-18(27)10-12-19)16(5)34-26(32)21(15(3)4)29-25(31)22-23(30)20(33-6)13-14-28-22/h9-17,21,24,30H,7-8H2,1-6H3,(H,29,31)/t16-,21-,24-/m0/s1. The van der Waals surface area contributed by atoms with Gasteiger partial charge in [0.15, 0.2) is 17.2 Å². The molecule has 2 N–H and O–H groups in total. The third kappa shape index (κ3) is 7.49. The summed E-state index contributed by atoms with van der Waals surface area (Å²) >= 11 is 5.99. The lowest BCUT2D eigenvalue weighted by Gasteiger charge is -2.32. The van der Waals surface area contributed by atoms with Gasteiger partial charge >= 0.3 is 5.97 Å². The van der Waals surface area contributed by atoms with Crippen LogP contribution in [-0.4, -0.2) is 47.3 Å². The number of carbonyl (C=O) groups excluding carboxylic acids is 2. The predicted molar refractivity (Wildman–Crippen MR) is 134 cm³/mol. The van der Waals surface area contributed by atoms with Crippen molar-refractivity contribution < 1.29 is 28.9 Å². The van der Waals surface area contributed by atoms with Gasteiger partial charge in [-0.1, -0.05) is 39.3 Å². The molecule has 192 valence electrons. The zero-order chi connectivity index (χ0) is 26.1. The third-order valence-corrected chi connectivity index (χ3v) is 6.15. The van der Waals surface area contributed by atoms with Crippen LogP contribution in [0.25, 0.3) is 0 Å². The molecule has 3 atom stereocenters. The fraction of sp³-hybridized carbons (Fsp3) is 0.500. The van der Waals surface area contributed by atoms with E-state index >= 15 is 0 Å². The van der Waals surface area contributed by atoms with Crippen molar-refractivity contribution in [3.05, 3.63) is 47.2 Å². The number of aromatic nitrogens is 1. The third-order valence-electron chi connectivity index (χ3n) is 5.89. The van der Waals surface area contributed by atoms with Gasteiger partial charge in [0.25, 0.3) is 5.91 Å². The summed E-state index contributed by atoms with van der Waals surface area (Å²) in [4.78, 5) is 29.9. The van der Waals surface area contributed by atoms with Gasteiger partial charge in [0.1, 0.15) is 24.0 Å². The number of hydrogen-bond donors (Lipinski definition) is 2. The molecule has 2 aromatic rings. The number of nitrogens with zero attached hydrogens (tertiary/aromatic N) is 1. The van der Waals surface area contributed by atoms with Gasteiger partial charge in [0.2, 0.25) is 0 Å². The first-order chi connectivity index (χ1) is 16.6. The van der Waals surface area contributed by atoms with Gasteiger partial charge in [-0.3, -0.25) is 4.79 Å². The van der Waals surface area contributed by atoms with E-state index in [1.54, 1.807) is 45.0 Å². The molecule has 1 aromatic heterocycles. The molecule has 0 saturated heterocycles. The lowest BCUT2D eigenvalue weighted by molar-refractivity contribution is -0.158. The highest BCUT2D eigenvalue weighted by molar-refractivity contribution is 6.30. The number of hydrogen-bond acceptors (Lipinski definition) is 7. The van der Waals surface area contributed by atoms with Crippen molar-refractivity contribution in [1.82, 2.24) is 10.3 Å². The molecule has 0 bridgehead atoms. The summed E-state index contributed by atoms with van der Waals surface area (Å²) in [5, 5.41) is 13.5. The van der Waals surface area contributed by atoms with Crippen molar-refractivity contribution in [3.8, 4) is 17.2 Å². The lowest BCUT2D eigenvalue weighted by atomic mass is 9.93. The minimum Gasteiger partial charge on any atom is -0.503 e. The number of carbonyl (C=O) groups is 2. The van der Waals surface area contributed by atoms with Crippen LogP contribution in [0, 0.1) is 11.8 Å². The number of halogens is 1. The fourth-order valence-corrected chi connectivity index (χ4v) is 3.92. The summed E-state index contributed by atoms with van der Waals surface area (Å²) in [5.41, 5.74) is -0.239. The molecule has 35 heavy (non-hydrogen) atoms. The van der Waals surface area contributed by atoms with Crippen LogP contribution >= 0.6 is 11.6 Å². The van der Waals surface area contributed by atoms with Gasteiger partial charge in [0.05, 0.1) is 7.11 Å². The number of methoxy groups -OCH3 is 1. The summed E-state index contributed by atoms with van der Waals surface area (Å²) in [6.45, 7) is 9.49. The molecule has 0 spiro atoms. The van der Waals surface area contributed by atoms with Gasteiger partial charge < -0.3 is 24.6 Å². The molecule has 0 aliphatic carbocycles. The first kappa shape index (κ1) is 28.2. The van der Waals surface area contributed by atoms with Gasteiger partial charge in [-0.05, 0) is 55.9 Å². The zero-order valence-electron chi connectivity index (χ0n) is 21.1. The van der Waals surface area contributed by atoms with Crippen molar-refractivity contribution in [3.63, 3.8) is 0 Å². The fourth-order valence-electron chi connectivity index (χ4n) is 3.80. The van der Waals surface area contributed by atoms with E-state index in [1.165, 1.54) is 19.4 Å². The highest BCUT2D eigenvalue weighted by Crippen LogP contribution is 2.28. The number of rotatable bonds is 12. The maximum absolute atomic E-state index is 13.2. The van der Waals surface area contributed by atoms with Crippen LogP contribution in [0.1, 0.15) is 57.9 Å². The van der Waals surface area contributed by atoms with E-state index in [4.69, 9.17) is 25.8 Å². The summed E-state index contributed by atoms with van der Waals surface area (Å²) in [6.07, 6.45) is 2.02. The zero-order valence-corrected chi connectivity index (χ0v) is 21.8. The van der Waals surface area contributed by atoms with Crippen LogP contribution in [0.3, 0.4) is 0 Å². The maximum atomic E-state index is 13.2. The topological polar surface area (TPSA) is 107 Å². The van der Waals surface area contributed by atoms with Crippen molar-refractivity contribution in [2.45, 2.75) is 65.7 Å². The Labute approximate surface area is 211 Å². The number of amides is 1. The Balaban J connectivity index is 2.19. The Morgan fingerprint density at radius 1 is 1.09 bits per heavy atom. The number of pyridine rings is 1. The number of benzene rings is 1. The average molecular weight is 507 g/mol. The van der Waals surface area contributed by atoms with E-state index in [1.807, 2.05) is 0 Å². The minimum atomic E-state index is -0.963. The molecular formula is C26H35ClN2O6. The van der Waals surface area contributed by atoms with Crippen LogP contribution in [0.5, 0.6) is 17.2 Å². The number of nitrogens with one attached hydrogen (secondary N) is 1. The number of aromatic hydroxyl groups is 1. The van der Waals surface area contributed by atoms with E-state index < -0.39 is 35.9 Å². The molecule has 1 aromatic carbocycles. The molecule has 1 heterocycles. The monoisotopic (exact) mass is 506 g/mol. The first-order valence-electron chi connectivity index (χ1n) is 11.8. The van der Waals surface area contributed by atoms with E-state index in [0.29, 0.717) is 10.8 Å². The lowest BCUT2D eigenvalue weighted by Crippen LogP contribution is -2.48. The smallest absolute Gasteiger partial charge is 0.329 e. The predicted octanol–water partition coefficient (Wildman–Crippen LogP) is 5.02. The Morgan fingerprint density at radius 3 is 2.26 bits per heavy atom. The van der Waals surface area contributed by atoms with Crippen molar-refractivity contribution in [2.75, 3.05) is 7.11 Å². The van der Waals surface area contributed by atoms with Crippen LogP contribution in [0.4, 0.5) is 0 Å². The molecule has 0 fully saturated rings. The normalized spacial score (nSPS) is 13.7. The Hall–Kier alpha value is -3.00. The van der Waals surface area contributed by atoms with Crippen molar-refractivity contribution in [1.29, 1.82) is 0 Å². The quantitative estimate of drug-likeness (QED) is 0.389. The highest BCUT2D eigenvalue weighted by Gasteiger charge is 2.34. The van der Waals surface area contributed by atoms with E-state index in [-0.39, 0.29) is 23.3 Å². The second kappa shape index (κ2) is 13.2. The van der Waals surface area contributed by atoms with Crippen LogP contribution in [0.2, 0.25) is 5.02 Å². The van der Waals surface area contributed by atoms with Crippen LogP contribution < -0.4 is 14.8 Å². The first-order valence-corrected chi connectivity index (χ1v) is 12.2. The molecule has 0 unspecified atom stereocenters. The molecule has 1 amide bonds. The number of ether oxygens (including phenoxy) is 3. The summed E-state index contributed by atoms with van der Waals surface area (Å²) in [6, 6.07) is 7.50. The van der Waals surface area contributed by atoms with Gasteiger partial charge in [-0.15, -0.1) is 0 Å². The van der Waals surface area contributed by atoms with E-state index in [0.717, 1.165) is 12.8 Å². The molecule has 0 radical (unpaired) electrons. The highest BCUT2D eigenvalue weighted by atomic mass is 35.5. The molecule has 8 nitrogen and oxygen atoms in total. The summed E-state index contributed by atoms with van der Waals surface area (Å²) in [5.74, 6) is -1.12. The molecule has 0 saturated carbocycles. The van der Waals surface area contributed by atoms with Gasteiger partial charge in [-0.2, -0.15) is 0 Å². The Kier molecular flexibility index (Phi) is 10.6. The van der Waals surface area contributed by atoms with Crippen molar-refractivity contribution in [2.24, 2.45) is 11.8 Å². The van der Waals surface area contributed by atoms with Crippen LogP contribution in [0.15, 0.2) is 36.5 Å². The van der Waals surface area contributed by atoms with E-state index in [9.17, 15) is 14.7 Å². The minimum absolute atomic E-state index is 0.106. The van der Waals surface area contributed by atoms with Crippen molar-refractivity contribution >= 4 is 23.5 Å². The number of esters is 1. The average Bonchev–Trinajstić information content (AvgIpc) is 2.83. The van der Waals surface area contributed by atoms with Crippen LogP contribution in [-0.2, 0) is 9.53 Å².